The first-order chi connectivity index (χ1) is 19.5. The lowest BCUT2D eigenvalue weighted by Gasteiger charge is -2.11. The SMILES string of the molecule is CCCCCCCCCCCCCCCC(=O)N/N=C\c1cc(Br)ccc1OC(=O)c1ccc(OC)c(OC)c1. The number of carbonyl (C=O) groups is 2. The average Bonchev–Trinajstić information content (AvgIpc) is 2.96. The first kappa shape index (κ1) is 33.3. The zero-order valence-corrected chi connectivity index (χ0v) is 25.9. The Morgan fingerprint density at radius 3 is 1.95 bits per heavy atom. The zero-order valence-electron chi connectivity index (χ0n) is 24.3. The van der Waals surface area contributed by atoms with E-state index in [1.165, 1.54) is 91.1 Å². The maximum absolute atomic E-state index is 12.8. The van der Waals surface area contributed by atoms with E-state index in [9.17, 15) is 9.59 Å². The Balaban J connectivity index is 1.70. The number of ether oxygens (including phenoxy) is 3. The van der Waals surface area contributed by atoms with E-state index in [0.717, 1.165) is 17.3 Å². The highest BCUT2D eigenvalue weighted by atomic mass is 79.9. The second kappa shape index (κ2) is 20.1. The summed E-state index contributed by atoms with van der Waals surface area (Å²) in [5.41, 5.74) is 3.44. The topological polar surface area (TPSA) is 86.2 Å². The molecule has 1 N–H and O–H groups in total. The smallest absolute Gasteiger partial charge is 0.343 e. The first-order valence-electron chi connectivity index (χ1n) is 14.5. The third kappa shape index (κ3) is 13.0. The summed E-state index contributed by atoms with van der Waals surface area (Å²) in [5, 5.41) is 4.08. The van der Waals surface area contributed by atoms with Crippen LogP contribution < -0.4 is 19.6 Å². The van der Waals surface area contributed by atoms with Crippen LogP contribution in [0.1, 0.15) is 113 Å². The zero-order chi connectivity index (χ0) is 29.0. The Morgan fingerprint density at radius 2 is 1.35 bits per heavy atom. The molecular weight excluding hydrogens is 572 g/mol. The highest BCUT2D eigenvalue weighted by Crippen LogP contribution is 2.29. The van der Waals surface area contributed by atoms with Crippen LogP contribution in [0.5, 0.6) is 17.2 Å². The van der Waals surface area contributed by atoms with Gasteiger partial charge in [-0.05, 0) is 42.8 Å². The molecule has 0 spiro atoms. The van der Waals surface area contributed by atoms with Gasteiger partial charge in [-0.15, -0.1) is 0 Å². The van der Waals surface area contributed by atoms with E-state index in [0.29, 0.717) is 34.8 Å². The highest BCUT2D eigenvalue weighted by Gasteiger charge is 2.15. The standard InChI is InChI=1S/C32H45BrN2O5/c1-4-5-6-7-8-9-10-11-12-13-14-15-16-17-31(36)35-34-24-26-22-27(33)19-21-28(26)40-32(37)25-18-20-29(38-2)30(23-25)39-3/h18-24H,4-17H2,1-3H3,(H,35,36)/b34-24-. The van der Waals surface area contributed by atoms with Gasteiger partial charge in [-0.3, -0.25) is 4.79 Å². The van der Waals surface area contributed by atoms with Crippen molar-refractivity contribution in [1.82, 2.24) is 5.43 Å². The summed E-state index contributed by atoms with van der Waals surface area (Å²) in [6.07, 6.45) is 18.4. The molecule has 0 aliphatic rings. The van der Waals surface area contributed by atoms with Crippen molar-refractivity contribution in [2.24, 2.45) is 5.10 Å². The lowest BCUT2D eigenvalue weighted by Crippen LogP contribution is -2.17. The van der Waals surface area contributed by atoms with Gasteiger partial charge in [-0.2, -0.15) is 5.10 Å². The molecule has 8 heteroatoms. The molecule has 2 aromatic rings. The summed E-state index contributed by atoms with van der Waals surface area (Å²) < 4.78 is 16.9. The fraction of sp³-hybridized carbons (Fsp3) is 0.531. The first-order valence-corrected chi connectivity index (χ1v) is 15.3. The van der Waals surface area contributed by atoms with Gasteiger partial charge in [0, 0.05) is 16.5 Å². The van der Waals surface area contributed by atoms with Gasteiger partial charge in [0.25, 0.3) is 0 Å². The number of nitrogens with zero attached hydrogens (tertiary/aromatic N) is 1. The predicted molar refractivity (Wildman–Crippen MR) is 165 cm³/mol. The van der Waals surface area contributed by atoms with Crippen LogP contribution in [0.3, 0.4) is 0 Å². The molecule has 0 radical (unpaired) electrons. The van der Waals surface area contributed by atoms with Gasteiger partial charge in [0.1, 0.15) is 5.75 Å². The normalized spacial score (nSPS) is 11.0. The minimum Gasteiger partial charge on any atom is -0.493 e. The number of hydrogen-bond donors (Lipinski definition) is 1. The second-order valence-electron chi connectivity index (χ2n) is 9.93. The molecule has 7 nitrogen and oxygen atoms in total. The Labute approximate surface area is 248 Å². The fourth-order valence-electron chi connectivity index (χ4n) is 4.37. The Morgan fingerprint density at radius 1 is 0.775 bits per heavy atom. The number of rotatable bonds is 20. The molecule has 0 atom stereocenters. The summed E-state index contributed by atoms with van der Waals surface area (Å²) >= 11 is 3.43. The van der Waals surface area contributed by atoms with E-state index >= 15 is 0 Å². The van der Waals surface area contributed by atoms with E-state index in [1.807, 2.05) is 0 Å². The molecule has 0 aliphatic heterocycles. The van der Waals surface area contributed by atoms with Crippen LogP contribution in [0.2, 0.25) is 0 Å². The van der Waals surface area contributed by atoms with Crippen molar-refractivity contribution >= 4 is 34.0 Å². The van der Waals surface area contributed by atoms with E-state index in [4.69, 9.17) is 14.2 Å². The van der Waals surface area contributed by atoms with Gasteiger partial charge < -0.3 is 14.2 Å². The lowest BCUT2D eigenvalue weighted by atomic mass is 10.0. The molecule has 0 fully saturated rings. The summed E-state index contributed by atoms with van der Waals surface area (Å²) in [6.45, 7) is 2.26. The Kier molecular flexibility index (Phi) is 16.7. The molecule has 0 saturated heterocycles. The van der Waals surface area contributed by atoms with Crippen LogP contribution in [0.4, 0.5) is 0 Å². The van der Waals surface area contributed by atoms with Gasteiger partial charge in [-0.25, -0.2) is 10.2 Å². The van der Waals surface area contributed by atoms with E-state index in [-0.39, 0.29) is 5.91 Å². The van der Waals surface area contributed by atoms with Crippen molar-refractivity contribution in [2.75, 3.05) is 14.2 Å². The summed E-state index contributed by atoms with van der Waals surface area (Å²) in [4.78, 5) is 25.0. The number of methoxy groups -OCH3 is 2. The molecule has 0 saturated carbocycles. The number of halogens is 1. The van der Waals surface area contributed by atoms with Crippen molar-refractivity contribution in [3.8, 4) is 17.2 Å². The van der Waals surface area contributed by atoms with Crippen molar-refractivity contribution in [3.05, 3.63) is 52.0 Å². The Hall–Kier alpha value is -2.87. The number of benzene rings is 2. The van der Waals surface area contributed by atoms with Crippen LogP contribution in [-0.2, 0) is 4.79 Å². The maximum atomic E-state index is 12.8. The number of esters is 1. The van der Waals surface area contributed by atoms with Crippen LogP contribution in [0.15, 0.2) is 46.0 Å². The minimum atomic E-state index is -0.552. The number of hydrogen-bond acceptors (Lipinski definition) is 6. The molecule has 0 aromatic heterocycles. The van der Waals surface area contributed by atoms with Crippen LogP contribution in [-0.4, -0.2) is 32.3 Å². The highest BCUT2D eigenvalue weighted by molar-refractivity contribution is 9.10. The summed E-state index contributed by atoms with van der Waals surface area (Å²) in [7, 11) is 3.03. The predicted octanol–water partition coefficient (Wildman–Crippen LogP) is 8.62. The molecule has 1 amide bonds. The minimum absolute atomic E-state index is 0.127. The van der Waals surface area contributed by atoms with Crippen molar-refractivity contribution in [1.29, 1.82) is 0 Å². The van der Waals surface area contributed by atoms with Crippen LogP contribution >= 0.6 is 15.9 Å². The third-order valence-corrected chi connectivity index (χ3v) is 7.19. The molecule has 0 heterocycles. The summed E-state index contributed by atoms with van der Waals surface area (Å²) in [5.74, 6) is 0.589. The van der Waals surface area contributed by atoms with Crippen molar-refractivity contribution < 1.29 is 23.8 Å². The molecule has 2 rings (SSSR count). The van der Waals surface area contributed by atoms with Crippen LogP contribution in [0.25, 0.3) is 0 Å². The molecule has 0 aliphatic carbocycles. The van der Waals surface area contributed by atoms with Crippen molar-refractivity contribution in [3.63, 3.8) is 0 Å². The third-order valence-electron chi connectivity index (χ3n) is 6.69. The average molecular weight is 618 g/mol. The van der Waals surface area contributed by atoms with E-state index in [1.54, 1.807) is 36.4 Å². The van der Waals surface area contributed by atoms with Gasteiger partial charge >= 0.3 is 5.97 Å². The molecule has 220 valence electrons. The van der Waals surface area contributed by atoms with Gasteiger partial charge in [-0.1, -0.05) is 99.9 Å². The molecule has 40 heavy (non-hydrogen) atoms. The van der Waals surface area contributed by atoms with E-state index < -0.39 is 5.97 Å². The van der Waals surface area contributed by atoms with Crippen molar-refractivity contribution in [2.45, 2.75) is 96.8 Å². The Bertz CT molecular complexity index is 1070. The van der Waals surface area contributed by atoms with Gasteiger partial charge in [0.2, 0.25) is 5.91 Å². The maximum Gasteiger partial charge on any atom is 0.343 e. The molecular formula is C32H45BrN2O5. The monoisotopic (exact) mass is 616 g/mol. The fourth-order valence-corrected chi connectivity index (χ4v) is 4.75. The van der Waals surface area contributed by atoms with E-state index in [2.05, 4.69) is 33.4 Å². The number of amides is 1. The second-order valence-corrected chi connectivity index (χ2v) is 10.8. The molecule has 0 bridgehead atoms. The van der Waals surface area contributed by atoms with Gasteiger partial charge in [0.05, 0.1) is 26.0 Å². The number of unbranched alkanes of at least 4 members (excludes halogenated alkanes) is 12. The number of hydrazone groups is 1. The van der Waals surface area contributed by atoms with Gasteiger partial charge in [0.15, 0.2) is 11.5 Å². The van der Waals surface area contributed by atoms with Crippen LogP contribution in [0, 0.1) is 0 Å². The largest absolute Gasteiger partial charge is 0.493 e. The summed E-state index contributed by atoms with van der Waals surface area (Å²) in [6, 6.07) is 10.0. The number of nitrogens with one attached hydrogen (secondary N) is 1. The molecule has 0 unspecified atom stereocenters. The lowest BCUT2D eigenvalue weighted by molar-refractivity contribution is -0.121. The number of carbonyl (C=O) groups excluding carboxylic acids is 2. The quantitative estimate of drug-likeness (QED) is 0.0529. The molecule has 2 aromatic carbocycles.